The number of carboxylic acid groups (broad SMARTS) is 1. The van der Waals surface area contributed by atoms with E-state index in [1.165, 1.54) is 29.5 Å². The van der Waals surface area contributed by atoms with Gasteiger partial charge in [-0.3, -0.25) is 9.59 Å². The summed E-state index contributed by atoms with van der Waals surface area (Å²) in [6.07, 6.45) is -0.0986. The molecule has 1 unspecified atom stereocenters. The van der Waals surface area contributed by atoms with Gasteiger partial charge in [0.1, 0.15) is 5.82 Å². The first-order chi connectivity index (χ1) is 13.8. The Morgan fingerprint density at radius 2 is 2.17 bits per heavy atom. The SMILES string of the molecule is CC(Sc1nnc(-c2cccs2)n1CCC(=O)O)C(=O)Nc1ccc(F)c(Cl)c1. The average molecular weight is 455 g/mol. The van der Waals surface area contributed by atoms with Crippen molar-refractivity contribution >= 4 is 52.3 Å². The summed E-state index contributed by atoms with van der Waals surface area (Å²) in [7, 11) is 0. The van der Waals surface area contributed by atoms with Gasteiger partial charge in [0.25, 0.3) is 0 Å². The second-order valence-corrected chi connectivity index (χ2v) is 8.62. The number of nitrogens with one attached hydrogen (secondary N) is 1. The monoisotopic (exact) mass is 454 g/mol. The number of hydrogen-bond acceptors (Lipinski definition) is 6. The Morgan fingerprint density at radius 1 is 1.38 bits per heavy atom. The summed E-state index contributed by atoms with van der Waals surface area (Å²) in [6, 6.07) is 7.66. The number of rotatable bonds is 8. The fraction of sp³-hybridized carbons (Fsp3) is 0.222. The minimum atomic E-state index is -0.939. The molecular weight excluding hydrogens is 439 g/mol. The zero-order valence-electron chi connectivity index (χ0n) is 15.1. The zero-order valence-corrected chi connectivity index (χ0v) is 17.5. The molecule has 11 heteroatoms. The molecule has 152 valence electrons. The standard InChI is InChI=1S/C18H16ClFN4O3S2/c1-10(17(27)21-11-4-5-13(20)12(19)9-11)29-18-23-22-16(14-3-2-8-28-14)24(18)7-6-15(25)26/h2-5,8-10H,6-7H2,1H3,(H,21,27)(H,25,26). The lowest BCUT2D eigenvalue weighted by Crippen LogP contribution is -2.23. The lowest BCUT2D eigenvalue weighted by molar-refractivity contribution is -0.137. The van der Waals surface area contributed by atoms with Crippen LogP contribution in [0.1, 0.15) is 13.3 Å². The fourth-order valence-electron chi connectivity index (χ4n) is 2.40. The molecule has 0 radical (unpaired) electrons. The highest BCUT2D eigenvalue weighted by molar-refractivity contribution is 8.00. The van der Waals surface area contributed by atoms with E-state index in [9.17, 15) is 14.0 Å². The van der Waals surface area contributed by atoms with Gasteiger partial charge in [-0.2, -0.15) is 0 Å². The quantitative estimate of drug-likeness (QED) is 0.490. The number of carbonyl (C=O) groups is 2. The number of aromatic nitrogens is 3. The average Bonchev–Trinajstić information content (AvgIpc) is 3.32. The number of thioether (sulfide) groups is 1. The van der Waals surface area contributed by atoms with Gasteiger partial charge in [-0.15, -0.1) is 21.5 Å². The predicted molar refractivity (Wildman–Crippen MR) is 111 cm³/mol. The largest absolute Gasteiger partial charge is 0.481 e. The Hall–Kier alpha value is -2.43. The summed E-state index contributed by atoms with van der Waals surface area (Å²) < 4.78 is 15.0. The molecule has 3 rings (SSSR count). The number of carbonyl (C=O) groups excluding carboxylic acids is 1. The van der Waals surface area contributed by atoms with E-state index in [1.807, 2.05) is 17.5 Å². The predicted octanol–water partition coefficient (Wildman–Crippen LogP) is 4.39. The molecule has 1 atom stereocenters. The normalized spacial score (nSPS) is 12.0. The summed E-state index contributed by atoms with van der Waals surface area (Å²) in [4.78, 5) is 24.4. The van der Waals surface area contributed by atoms with E-state index in [4.69, 9.17) is 16.7 Å². The summed E-state index contributed by atoms with van der Waals surface area (Å²) in [5, 5.41) is 21.7. The lowest BCUT2D eigenvalue weighted by atomic mass is 10.3. The Labute approximate surface area is 178 Å². The number of thiophene rings is 1. The van der Waals surface area contributed by atoms with E-state index >= 15 is 0 Å². The summed E-state index contributed by atoms with van der Waals surface area (Å²) in [5.41, 5.74) is 0.375. The minimum absolute atomic E-state index is 0.0860. The van der Waals surface area contributed by atoms with Crippen molar-refractivity contribution in [2.75, 3.05) is 5.32 Å². The lowest BCUT2D eigenvalue weighted by Gasteiger charge is -2.13. The van der Waals surface area contributed by atoms with Gasteiger partial charge in [-0.1, -0.05) is 29.4 Å². The highest BCUT2D eigenvalue weighted by atomic mass is 35.5. The van der Waals surface area contributed by atoms with Crippen LogP contribution in [0.4, 0.5) is 10.1 Å². The summed E-state index contributed by atoms with van der Waals surface area (Å²) >= 11 is 8.36. The number of amides is 1. The Morgan fingerprint density at radius 3 is 2.83 bits per heavy atom. The van der Waals surface area contributed by atoms with Gasteiger partial charge in [-0.25, -0.2) is 4.39 Å². The first kappa shape index (κ1) is 21.3. The van der Waals surface area contributed by atoms with E-state index in [0.29, 0.717) is 16.7 Å². The van der Waals surface area contributed by atoms with Gasteiger partial charge in [0.15, 0.2) is 11.0 Å². The molecule has 0 aliphatic heterocycles. The first-order valence-electron chi connectivity index (χ1n) is 8.46. The Balaban J connectivity index is 1.76. The van der Waals surface area contributed by atoms with Crippen LogP contribution in [0.5, 0.6) is 0 Å². The van der Waals surface area contributed by atoms with Crippen molar-refractivity contribution in [1.29, 1.82) is 0 Å². The van der Waals surface area contributed by atoms with Crippen LogP contribution in [0.2, 0.25) is 5.02 Å². The van der Waals surface area contributed by atoms with E-state index in [0.717, 1.165) is 16.6 Å². The van der Waals surface area contributed by atoms with Crippen LogP contribution in [0.15, 0.2) is 40.9 Å². The van der Waals surface area contributed by atoms with Crippen molar-refractivity contribution in [3.63, 3.8) is 0 Å². The molecule has 7 nitrogen and oxygen atoms in total. The van der Waals surface area contributed by atoms with Gasteiger partial charge in [0.2, 0.25) is 5.91 Å². The first-order valence-corrected chi connectivity index (χ1v) is 10.6. The third-order valence-corrected chi connectivity index (χ3v) is 6.08. The molecule has 0 spiro atoms. The van der Waals surface area contributed by atoms with Crippen molar-refractivity contribution in [3.05, 3.63) is 46.6 Å². The molecule has 1 aromatic carbocycles. The molecule has 0 bridgehead atoms. The molecule has 2 aromatic heterocycles. The van der Waals surface area contributed by atoms with Crippen LogP contribution in [-0.4, -0.2) is 37.0 Å². The van der Waals surface area contributed by atoms with Gasteiger partial charge >= 0.3 is 5.97 Å². The fourth-order valence-corrected chi connectivity index (χ4v) is 4.18. The molecule has 3 aromatic rings. The second-order valence-electron chi connectivity index (χ2n) is 5.96. The van der Waals surface area contributed by atoms with Crippen molar-refractivity contribution in [2.24, 2.45) is 0 Å². The highest BCUT2D eigenvalue weighted by Crippen LogP contribution is 2.30. The second kappa shape index (κ2) is 9.38. The van der Waals surface area contributed by atoms with Crippen LogP contribution in [0, 0.1) is 5.82 Å². The molecule has 0 saturated carbocycles. The van der Waals surface area contributed by atoms with Crippen LogP contribution in [0.25, 0.3) is 10.7 Å². The third kappa shape index (κ3) is 5.34. The summed E-state index contributed by atoms with van der Waals surface area (Å²) in [5.74, 6) is -1.28. The molecule has 0 fully saturated rings. The van der Waals surface area contributed by atoms with Crippen molar-refractivity contribution in [2.45, 2.75) is 30.3 Å². The van der Waals surface area contributed by atoms with Gasteiger partial charge < -0.3 is 15.0 Å². The van der Waals surface area contributed by atoms with Crippen LogP contribution in [0.3, 0.4) is 0 Å². The molecule has 2 N–H and O–H groups in total. The van der Waals surface area contributed by atoms with Gasteiger partial charge in [0, 0.05) is 12.2 Å². The van der Waals surface area contributed by atoms with Gasteiger partial charge in [-0.05, 0) is 36.6 Å². The minimum Gasteiger partial charge on any atom is -0.481 e. The molecule has 0 saturated heterocycles. The molecule has 1 amide bonds. The topological polar surface area (TPSA) is 97.1 Å². The molecular formula is C18H16ClFN4O3S2. The van der Waals surface area contributed by atoms with Crippen LogP contribution >= 0.6 is 34.7 Å². The summed E-state index contributed by atoms with van der Waals surface area (Å²) in [6.45, 7) is 1.87. The maximum absolute atomic E-state index is 13.3. The zero-order chi connectivity index (χ0) is 21.0. The van der Waals surface area contributed by atoms with Crippen LogP contribution in [-0.2, 0) is 16.1 Å². The highest BCUT2D eigenvalue weighted by Gasteiger charge is 2.22. The van der Waals surface area contributed by atoms with Crippen molar-refractivity contribution in [1.82, 2.24) is 14.8 Å². The number of halogens is 2. The molecule has 2 heterocycles. The molecule has 29 heavy (non-hydrogen) atoms. The van der Waals surface area contributed by atoms with Crippen molar-refractivity contribution in [3.8, 4) is 10.7 Å². The third-order valence-electron chi connectivity index (χ3n) is 3.85. The number of nitrogens with zero attached hydrogens (tertiary/aromatic N) is 3. The number of hydrogen-bond donors (Lipinski definition) is 2. The smallest absolute Gasteiger partial charge is 0.305 e. The maximum atomic E-state index is 13.3. The number of anilines is 1. The Bertz CT molecular complexity index is 1030. The molecule has 0 aliphatic rings. The van der Waals surface area contributed by atoms with Gasteiger partial charge in [0.05, 0.1) is 21.6 Å². The Kier molecular flexibility index (Phi) is 6.88. The van der Waals surface area contributed by atoms with E-state index in [-0.39, 0.29) is 23.9 Å². The van der Waals surface area contributed by atoms with Crippen LogP contribution < -0.4 is 5.32 Å². The number of aliphatic carboxylic acids is 1. The maximum Gasteiger partial charge on any atom is 0.305 e. The number of carboxylic acids is 1. The van der Waals surface area contributed by atoms with Crippen molar-refractivity contribution < 1.29 is 19.1 Å². The molecule has 0 aliphatic carbocycles. The number of benzene rings is 1. The van der Waals surface area contributed by atoms with E-state index in [1.54, 1.807) is 11.5 Å². The van der Waals surface area contributed by atoms with E-state index in [2.05, 4.69) is 15.5 Å². The van der Waals surface area contributed by atoms with E-state index < -0.39 is 17.0 Å².